The van der Waals surface area contributed by atoms with E-state index in [4.69, 9.17) is 4.74 Å². The highest BCUT2D eigenvalue weighted by Crippen LogP contribution is 2.50. The summed E-state index contributed by atoms with van der Waals surface area (Å²) < 4.78 is 109. The number of nitrogens with zero attached hydrogens (tertiary/aromatic N) is 1. The molecule has 0 radical (unpaired) electrons. The topological polar surface area (TPSA) is 113 Å². The van der Waals surface area contributed by atoms with Crippen LogP contribution in [0.3, 0.4) is 0 Å². The molecule has 1 unspecified atom stereocenters. The van der Waals surface area contributed by atoms with Crippen molar-refractivity contribution in [2.24, 2.45) is 0 Å². The van der Waals surface area contributed by atoms with Gasteiger partial charge in [0.1, 0.15) is 6.04 Å². The van der Waals surface area contributed by atoms with Gasteiger partial charge in [-0.25, -0.2) is 8.42 Å². The third kappa shape index (κ3) is 5.79. The number of carbonyl (C=O) groups excluding carboxylic acids is 2. The second kappa shape index (κ2) is 10.3. The number of halogens is 6. The van der Waals surface area contributed by atoms with Crippen molar-refractivity contribution in [1.29, 1.82) is 0 Å². The van der Waals surface area contributed by atoms with E-state index >= 15 is 0 Å². The summed E-state index contributed by atoms with van der Waals surface area (Å²) in [7, 11) is -3.62. The van der Waals surface area contributed by atoms with Gasteiger partial charge in [-0.15, -0.1) is 0 Å². The Labute approximate surface area is 231 Å². The number of hydrogen-bond donors (Lipinski definition) is 2. The molecule has 1 saturated carbocycles. The van der Waals surface area contributed by atoms with Crippen LogP contribution in [0.1, 0.15) is 48.9 Å². The molecular weight excluding hydrogens is 582 g/mol. The Hall–Kier alpha value is -3.17. The van der Waals surface area contributed by atoms with E-state index < -0.39 is 56.8 Å². The average Bonchev–Trinajstić information content (AvgIpc) is 3.49. The van der Waals surface area contributed by atoms with E-state index in [1.54, 1.807) is 6.92 Å². The molecule has 1 heterocycles. The minimum Gasteiger partial charge on any atom is -0.375 e. The molecule has 8 nitrogen and oxygen atoms in total. The lowest BCUT2D eigenvalue weighted by atomic mass is 9.92. The molecule has 41 heavy (non-hydrogen) atoms. The number of anilines is 1. The molecule has 224 valence electrons. The fraction of sp³-hybridized carbons (Fsp3) is 0.462. The molecule has 2 aromatic rings. The first-order chi connectivity index (χ1) is 18.8. The zero-order valence-electron chi connectivity index (χ0n) is 21.8. The average molecular weight is 609 g/mol. The second-order valence-corrected chi connectivity index (χ2v) is 12.1. The lowest BCUT2D eigenvalue weighted by molar-refractivity contribution is -0.376. The van der Waals surface area contributed by atoms with Crippen molar-refractivity contribution < 1.29 is 54.2 Å². The quantitative estimate of drug-likeness (QED) is 0.431. The van der Waals surface area contributed by atoms with Crippen molar-refractivity contribution in [3.05, 3.63) is 59.2 Å². The van der Waals surface area contributed by atoms with Crippen LogP contribution in [-0.2, 0) is 36.3 Å². The molecule has 1 fully saturated rings. The van der Waals surface area contributed by atoms with Crippen molar-refractivity contribution in [1.82, 2.24) is 4.90 Å². The van der Waals surface area contributed by atoms with Gasteiger partial charge in [-0.3, -0.25) is 9.59 Å². The third-order valence-electron chi connectivity index (χ3n) is 7.18. The van der Waals surface area contributed by atoms with E-state index in [-0.39, 0.29) is 23.5 Å². The highest BCUT2D eigenvalue weighted by atomic mass is 32.2. The lowest BCUT2D eigenvalue weighted by Gasteiger charge is -2.32. The van der Waals surface area contributed by atoms with E-state index in [0.717, 1.165) is 18.4 Å². The minimum atomic E-state index is -6.07. The Morgan fingerprint density at radius 2 is 1.63 bits per heavy atom. The molecule has 0 aromatic heterocycles. The number of carbonyl (C=O) groups is 2. The van der Waals surface area contributed by atoms with Gasteiger partial charge in [0.15, 0.2) is 9.84 Å². The molecule has 2 aromatic carbocycles. The molecule has 1 atom stereocenters. The molecule has 2 amide bonds. The van der Waals surface area contributed by atoms with Gasteiger partial charge >= 0.3 is 12.4 Å². The van der Waals surface area contributed by atoms with Gasteiger partial charge in [0.25, 0.3) is 11.5 Å². The molecule has 2 N–H and O–H groups in total. The van der Waals surface area contributed by atoms with Crippen LogP contribution in [0.25, 0.3) is 0 Å². The van der Waals surface area contributed by atoms with E-state index in [1.165, 1.54) is 23.1 Å². The van der Waals surface area contributed by atoms with Crippen molar-refractivity contribution in [2.45, 2.75) is 67.2 Å². The molecule has 0 saturated heterocycles. The third-order valence-corrected chi connectivity index (χ3v) is 8.29. The summed E-state index contributed by atoms with van der Waals surface area (Å²) in [5.41, 5.74) is -6.80. The monoisotopic (exact) mass is 608 g/mol. The second-order valence-electron chi connectivity index (χ2n) is 10.1. The maximum atomic E-state index is 13.4. The number of ether oxygens (including phenoxy) is 1. The Balaban J connectivity index is 1.64. The van der Waals surface area contributed by atoms with Gasteiger partial charge in [0.2, 0.25) is 5.91 Å². The van der Waals surface area contributed by atoms with Crippen molar-refractivity contribution in [2.75, 3.05) is 18.2 Å². The van der Waals surface area contributed by atoms with Crippen molar-refractivity contribution in [3.63, 3.8) is 0 Å². The van der Waals surface area contributed by atoms with Crippen LogP contribution in [0.2, 0.25) is 0 Å². The number of alkyl halides is 6. The van der Waals surface area contributed by atoms with Gasteiger partial charge in [-0.1, -0.05) is 18.2 Å². The fourth-order valence-corrected chi connectivity index (χ4v) is 5.53. The SMILES string of the molecule is CCOC1(CC(=O)N2Cc3cc(S(C)(=O)=O)ccc3C2C(=O)Nc2ccc(C(O)(C(F)(F)F)C(F)(F)F)cc2)CC1. The molecule has 2 aliphatic rings. The Bertz CT molecular complexity index is 1440. The molecule has 0 spiro atoms. The first-order valence-electron chi connectivity index (χ1n) is 12.4. The Kier molecular flexibility index (Phi) is 7.72. The van der Waals surface area contributed by atoms with E-state index in [9.17, 15) is 49.5 Å². The number of rotatable bonds is 8. The Morgan fingerprint density at radius 1 is 1.05 bits per heavy atom. The normalized spacial score (nSPS) is 18.7. The standard InChI is InChI=1S/C26H26F6N2O6S/c1-3-40-23(10-11-23)13-20(35)34-14-15-12-18(41(2,38)39)8-9-19(15)21(34)22(36)33-17-6-4-16(5-7-17)24(37,25(27,28)29)26(30,31)32/h4-9,12,21,37H,3,10-11,13-14H2,1-2H3,(H,33,36). The van der Waals surface area contributed by atoms with Crippen LogP contribution in [0.4, 0.5) is 32.0 Å². The summed E-state index contributed by atoms with van der Waals surface area (Å²) >= 11 is 0. The molecule has 1 aliphatic heterocycles. The molecule has 4 rings (SSSR count). The number of nitrogens with one attached hydrogen (secondary N) is 1. The number of amides is 2. The minimum absolute atomic E-state index is 0.0323. The summed E-state index contributed by atoms with van der Waals surface area (Å²) in [4.78, 5) is 28.0. The largest absolute Gasteiger partial charge is 0.430 e. The molecular formula is C26H26F6N2O6S. The summed E-state index contributed by atoms with van der Waals surface area (Å²) in [6, 6.07) is 5.03. The summed E-state index contributed by atoms with van der Waals surface area (Å²) in [5, 5.41) is 12.0. The number of hydrogen-bond acceptors (Lipinski definition) is 6. The van der Waals surface area contributed by atoms with Gasteiger partial charge in [0.05, 0.1) is 16.9 Å². The van der Waals surface area contributed by atoms with Crippen LogP contribution in [0, 0.1) is 0 Å². The van der Waals surface area contributed by atoms with Gasteiger partial charge in [-0.05, 0) is 55.2 Å². The summed E-state index contributed by atoms with van der Waals surface area (Å²) in [6.07, 6.45) is -9.92. The predicted octanol–water partition coefficient (Wildman–Crippen LogP) is 4.38. The van der Waals surface area contributed by atoms with Crippen LogP contribution in [-0.4, -0.2) is 61.1 Å². The number of fused-ring (bicyclic) bond motifs is 1. The van der Waals surface area contributed by atoms with E-state index in [2.05, 4.69) is 5.32 Å². The molecule has 0 bridgehead atoms. The van der Waals surface area contributed by atoms with Crippen LogP contribution < -0.4 is 5.32 Å². The van der Waals surface area contributed by atoms with E-state index in [1.807, 2.05) is 0 Å². The molecule has 15 heteroatoms. The zero-order valence-corrected chi connectivity index (χ0v) is 22.6. The van der Waals surface area contributed by atoms with Crippen LogP contribution in [0.5, 0.6) is 0 Å². The zero-order chi connectivity index (χ0) is 30.6. The van der Waals surface area contributed by atoms with Gasteiger partial charge < -0.3 is 20.1 Å². The highest BCUT2D eigenvalue weighted by Gasteiger charge is 2.71. The van der Waals surface area contributed by atoms with Crippen molar-refractivity contribution in [3.8, 4) is 0 Å². The smallest absolute Gasteiger partial charge is 0.375 e. The Morgan fingerprint density at radius 3 is 2.12 bits per heavy atom. The maximum Gasteiger partial charge on any atom is 0.430 e. The van der Waals surface area contributed by atoms with Gasteiger partial charge in [0, 0.05) is 30.7 Å². The van der Waals surface area contributed by atoms with E-state index in [0.29, 0.717) is 42.7 Å². The molecule has 1 aliphatic carbocycles. The van der Waals surface area contributed by atoms with Crippen molar-refractivity contribution >= 4 is 27.3 Å². The summed E-state index contributed by atoms with van der Waals surface area (Å²) in [5.74, 6) is -1.29. The highest BCUT2D eigenvalue weighted by molar-refractivity contribution is 7.90. The number of sulfone groups is 1. The predicted molar refractivity (Wildman–Crippen MR) is 132 cm³/mol. The number of benzene rings is 2. The first-order valence-corrected chi connectivity index (χ1v) is 14.3. The first kappa shape index (κ1) is 30.8. The lowest BCUT2D eigenvalue weighted by Crippen LogP contribution is -2.53. The van der Waals surface area contributed by atoms with Crippen LogP contribution in [0.15, 0.2) is 47.4 Å². The summed E-state index contributed by atoms with van der Waals surface area (Å²) in [6.45, 7) is 2.03. The van der Waals surface area contributed by atoms with Gasteiger partial charge in [-0.2, -0.15) is 26.3 Å². The number of aliphatic hydroxyl groups is 1. The van der Waals surface area contributed by atoms with Crippen LogP contribution >= 0.6 is 0 Å². The maximum absolute atomic E-state index is 13.4. The fourth-order valence-electron chi connectivity index (χ4n) is 4.86.